The average molecular weight is 296 g/mol. The highest BCUT2D eigenvalue weighted by atomic mass is 32.2. The van der Waals surface area contributed by atoms with Crippen LogP contribution in [0.25, 0.3) is 27.5 Å². The molecule has 0 fully saturated rings. The number of aromatic nitrogens is 2. The molecule has 0 aliphatic heterocycles. The Hall–Kier alpha value is -2.40. The molecule has 0 radical (unpaired) electrons. The lowest BCUT2D eigenvalue weighted by Gasteiger charge is -2.03. The van der Waals surface area contributed by atoms with Crippen LogP contribution in [-0.2, 0) is 9.84 Å². The molecule has 4 nitrogen and oxygen atoms in total. The number of sulfone groups is 1. The highest BCUT2D eigenvalue weighted by Gasteiger charge is 2.21. The molecule has 0 saturated carbocycles. The van der Waals surface area contributed by atoms with E-state index < -0.39 is 9.84 Å². The monoisotopic (exact) mass is 296 g/mol. The summed E-state index contributed by atoms with van der Waals surface area (Å²) in [6, 6.07) is 15.3. The summed E-state index contributed by atoms with van der Waals surface area (Å²) in [5.41, 5.74) is 2.29. The van der Waals surface area contributed by atoms with E-state index >= 15 is 0 Å². The number of para-hydroxylation sites is 2. The van der Waals surface area contributed by atoms with Crippen molar-refractivity contribution in [3.8, 4) is 0 Å². The molecule has 0 spiro atoms. The lowest BCUT2D eigenvalue weighted by Crippen LogP contribution is -1.99. The van der Waals surface area contributed by atoms with Gasteiger partial charge in [-0.05, 0) is 12.1 Å². The third kappa shape index (κ3) is 1.67. The van der Waals surface area contributed by atoms with E-state index in [-0.39, 0.29) is 0 Å². The van der Waals surface area contributed by atoms with Gasteiger partial charge in [-0.1, -0.05) is 36.4 Å². The Kier molecular flexibility index (Phi) is 2.38. The van der Waals surface area contributed by atoms with Crippen molar-refractivity contribution in [2.24, 2.45) is 0 Å². The van der Waals surface area contributed by atoms with Crippen LogP contribution in [0, 0.1) is 0 Å². The summed E-state index contributed by atoms with van der Waals surface area (Å²) in [5.74, 6) is 0. The fraction of sp³-hybridized carbons (Fsp3) is 0.0625. The molecular formula is C16H12N2O2S. The van der Waals surface area contributed by atoms with Crippen molar-refractivity contribution < 1.29 is 8.42 Å². The number of rotatable bonds is 1. The molecule has 0 aliphatic rings. The first-order valence-electron chi connectivity index (χ1n) is 6.54. The zero-order valence-corrected chi connectivity index (χ0v) is 12.1. The first-order chi connectivity index (χ1) is 10.1. The molecule has 0 saturated heterocycles. The van der Waals surface area contributed by atoms with Crippen LogP contribution in [0.15, 0.2) is 59.6 Å². The van der Waals surface area contributed by atoms with Gasteiger partial charge in [0.05, 0.1) is 11.0 Å². The minimum absolute atomic E-state index is 0.295. The van der Waals surface area contributed by atoms with Crippen molar-refractivity contribution in [1.82, 2.24) is 9.38 Å². The average Bonchev–Trinajstić information content (AvgIpc) is 2.81. The molecule has 104 valence electrons. The van der Waals surface area contributed by atoms with Crippen molar-refractivity contribution in [3.05, 3.63) is 54.7 Å². The van der Waals surface area contributed by atoms with Gasteiger partial charge in [0.1, 0.15) is 4.90 Å². The lowest BCUT2D eigenvalue weighted by atomic mass is 10.2. The molecule has 5 heteroatoms. The quantitative estimate of drug-likeness (QED) is 0.542. The normalized spacial score (nSPS) is 12.4. The Balaban J connectivity index is 2.42. The molecule has 4 aromatic rings. The van der Waals surface area contributed by atoms with Gasteiger partial charge < -0.3 is 0 Å². The van der Waals surface area contributed by atoms with Crippen LogP contribution >= 0.6 is 0 Å². The Morgan fingerprint density at radius 3 is 2.38 bits per heavy atom. The molecule has 21 heavy (non-hydrogen) atoms. The topological polar surface area (TPSA) is 51.4 Å². The van der Waals surface area contributed by atoms with Gasteiger partial charge in [0, 0.05) is 23.2 Å². The molecule has 0 atom stereocenters. The van der Waals surface area contributed by atoms with E-state index in [2.05, 4.69) is 4.98 Å². The second-order valence-corrected chi connectivity index (χ2v) is 7.05. The Morgan fingerprint density at radius 2 is 1.62 bits per heavy atom. The standard InChI is InChI=1S/C16H12N2O2S/c1-21(19,20)15-12-7-3-5-9-14(12)18-13-8-4-2-6-11(13)10-17-16(15)18/h2-10H,1H3. The van der Waals surface area contributed by atoms with Crippen LogP contribution in [0.5, 0.6) is 0 Å². The van der Waals surface area contributed by atoms with Gasteiger partial charge in [0.15, 0.2) is 15.5 Å². The van der Waals surface area contributed by atoms with Crippen molar-refractivity contribution in [2.75, 3.05) is 6.26 Å². The van der Waals surface area contributed by atoms with Crippen LogP contribution in [-0.4, -0.2) is 24.1 Å². The predicted molar refractivity (Wildman–Crippen MR) is 83.3 cm³/mol. The largest absolute Gasteiger partial charge is 0.293 e. The fourth-order valence-corrected chi connectivity index (χ4v) is 3.90. The Bertz CT molecular complexity index is 1110. The Morgan fingerprint density at radius 1 is 0.952 bits per heavy atom. The van der Waals surface area contributed by atoms with Crippen LogP contribution in [0.1, 0.15) is 0 Å². The second kappa shape index (κ2) is 4.05. The summed E-state index contributed by atoms with van der Waals surface area (Å²) in [4.78, 5) is 4.69. The number of fused-ring (bicyclic) bond motifs is 5. The first kappa shape index (κ1) is 12.3. The number of hydrogen-bond acceptors (Lipinski definition) is 3. The lowest BCUT2D eigenvalue weighted by molar-refractivity contribution is 0.603. The third-order valence-corrected chi connectivity index (χ3v) is 4.82. The van der Waals surface area contributed by atoms with Crippen molar-refractivity contribution in [1.29, 1.82) is 0 Å². The van der Waals surface area contributed by atoms with Crippen LogP contribution in [0.3, 0.4) is 0 Å². The van der Waals surface area contributed by atoms with E-state index in [9.17, 15) is 8.42 Å². The summed E-state index contributed by atoms with van der Waals surface area (Å²) >= 11 is 0. The molecule has 0 bridgehead atoms. The van der Waals surface area contributed by atoms with Crippen LogP contribution < -0.4 is 0 Å². The van der Waals surface area contributed by atoms with E-state index in [0.29, 0.717) is 15.9 Å². The summed E-state index contributed by atoms with van der Waals surface area (Å²) in [6.07, 6.45) is 2.95. The molecule has 2 aromatic carbocycles. The number of nitrogens with zero attached hydrogens (tertiary/aromatic N) is 2. The maximum absolute atomic E-state index is 12.2. The van der Waals surface area contributed by atoms with E-state index in [1.165, 1.54) is 6.26 Å². The van der Waals surface area contributed by atoms with E-state index in [1.54, 1.807) is 6.20 Å². The molecule has 0 aliphatic carbocycles. The van der Waals surface area contributed by atoms with E-state index in [0.717, 1.165) is 16.4 Å². The van der Waals surface area contributed by atoms with Crippen molar-refractivity contribution >= 4 is 37.3 Å². The summed E-state index contributed by atoms with van der Waals surface area (Å²) < 4.78 is 26.3. The van der Waals surface area contributed by atoms with Crippen LogP contribution in [0.2, 0.25) is 0 Å². The predicted octanol–water partition coefficient (Wildman–Crippen LogP) is 3.04. The fourth-order valence-electron chi connectivity index (χ4n) is 2.85. The van der Waals surface area contributed by atoms with Crippen molar-refractivity contribution in [3.63, 3.8) is 0 Å². The summed E-state index contributed by atoms with van der Waals surface area (Å²) in [7, 11) is -3.36. The number of benzene rings is 2. The summed E-state index contributed by atoms with van der Waals surface area (Å²) in [6.45, 7) is 0. The zero-order valence-electron chi connectivity index (χ0n) is 11.3. The molecule has 2 heterocycles. The minimum atomic E-state index is -3.36. The van der Waals surface area contributed by atoms with Gasteiger partial charge in [-0.25, -0.2) is 13.4 Å². The van der Waals surface area contributed by atoms with Crippen LogP contribution in [0.4, 0.5) is 0 Å². The molecule has 2 aromatic heterocycles. The zero-order chi connectivity index (χ0) is 14.6. The summed E-state index contributed by atoms with van der Waals surface area (Å²) in [5, 5.41) is 1.69. The van der Waals surface area contributed by atoms with E-state index in [4.69, 9.17) is 0 Å². The highest BCUT2D eigenvalue weighted by Crippen LogP contribution is 2.31. The van der Waals surface area contributed by atoms with Gasteiger partial charge in [0.2, 0.25) is 0 Å². The first-order valence-corrected chi connectivity index (χ1v) is 8.43. The highest BCUT2D eigenvalue weighted by molar-refractivity contribution is 7.91. The minimum Gasteiger partial charge on any atom is -0.293 e. The second-order valence-electron chi connectivity index (χ2n) is 5.09. The maximum atomic E-state index is 12.2. The SMILES string of the molecule is CS(=O)(=O)c1c2ccccc2n2c1ncc1ccccc12. The third-order valence-electron chi connectivity index (χ3n) is 3.68. The Labute approximate surface area is 121 Å². The van der Waals surface area contributed by atoms with Gasteiger partial charge >= 0.3 is 0 Å². The van der Waals surface area contributed by atoms with Gasteiger partial charge in [0.25, 0.3) is 0 Å². The molecule has 0 N–H and O–H groups in total. The van der Waals surface area contributed by atoms with Gasteiger partial charge in [-0.15, -0.1) is 0 Å². The molecular weight excluding hydrogens is 284 g/mol. The van der Waals surface area contributed by atoms with Gasteiger partial charge in [-0.3, -0.25) is 4.40 Å². The maximum Gasteiger partial charge on any atom is 0.179 e. The van der Waals surface area contributed by atoms with Gasteiger partial charge in [-0.2, -0.15) is 0 Å². The molecule has 0 amide bonds. The number of hydrogen-bond donors (Lipinski definition) is 0. The molecule has 4 rings (SSSR count). The van der Waals surface area contributed by atoms with E-state index in [1.807, 2.05) is 52.9 Å². The molecule has 0 unspecified atom stereocenters. The van der Waals surface area contributed by atoms with Crippen molar-refractivity contribution in [2.45, 2.75) is 4.90 Å². The smallest absolute Gasteiger partial charge is 0.179 e.